The molecule has 3 heterocycles. The first-order valence-corrected chi connectivity index (χ1v) is 18.6. The highest BCUT2D eigenvalue weighted by Crippen LogP contribution is 2.66. The van der Waals surface area contributed by atoms with Gasteiger partial charge in [-0.1, -0.05) is 26.0 Å². The van der Waals surface area contributed by atoms with Gasteiger partial charge in [0.25, 0.3) is 0 Å². The minimum absolute atomic E-state index is 0.0834. The maximum absolute atomic E-state index is 11.9. The second kappa shape index (κ2) is 14.0. The Kier molecular flexibility index (Phi) is 11.2. The summed E-state index contributed by atoms with van der Waals surface area (Å²) in [6.45, 7) is 19.6. The Balaban J connectivity index is 1.18. The van der Waals surface area contributed by atoms with E-state index >= 15 is 0 Å². The first-order chi connectivity index (χ1) is 22.7. The molecule has 14 unspecified atom stereocenters. The van der Waals surface area contributed by atoms with Crippen LogP contribution >= 0.6 is 0 Å². The minimum Gasteiger partial charge on any atom is -0.394 e. The molecule has 0 aromatic rings. The van der Waals surface area contributed by atoms with E-state index in [9.17, 15) is 30.3 Å². The van der Waals surface area contributed by atoms with Gasteiger partial charge in [0, 0.05) is 6.92 Å². The number of allylic oxidation sites excluding steroid dienone is 1. The summed E-state index contributed by atoms with van der Waals surface area (Å²) in [7, 11) is 0. The first-order valence-electron chi connectivity index (χ1n) is 18.6. The highest BCUT2D eigenvalue weighted by Gasteiger charge is 2.61. The third-order valence-corrected chi connectivity index (χ3v) is 13.6. The highest BCUT2D eigenvalue weighted by atomic mass is 16.7. The molecule has 5 aliphatic rings. The van der Waals surface area contributed by atoms with Gasteiger partial charge in [-0.25, -0.2) is 0 Å². The van der Waals surface area contributed by atoms with Crippen LogP contribution in [0.2, 0.25) is 0 Å². The van der Waals surface area contributed by atoms with Gasteiger partial charge < -0.3 is 49.8 Å². The van der Waals surface area contributed by atoms with Gasteiger partial charge in [-0.3, -0.25) is 4.79 Å². The summed E-state index contributed by atoms with van der Waals surface area (Å²) in [6.07, 6.45) is 2.60. The van der Waals surface area contributed by atoms with Crippen molar-refractivity contribution in [2.24, 2.45) is 22.7 Å². The Morgan fingerprint density at radius 2 is 1.61 bits per heavy atom. The van der Waals surface area contributed by atoms with Crippen molar-refractivity contribution in [1.29, 1.82) is 0 Å². The number of nitrogens with one attached hydrogen (secondary N) is 1. The molecule has 0 radical (unpaired) electrons. The zero-order valence-corrected chi connectivity index (χ0v) is 31.1. The fraction of sp³-hybridized carbons (Fsp3) is 0.921. The van der Waals surface area contributed by atoms with E-state index in [-0.39, 0.29) is 23.0 Å². The lowest BCUT2D eigenvalue weighted by Crippen LogP contribution is -2.66. The Morgan fingerprint density at radius 3 is 2.24 bits per heavy atom. The average Bonchev–Trinajstić information content (AvgIpc) is 3.60. The number of fused-ring (bicyclic) bond motifs is 3. The monoisotopic (exact) mass is 695 g/mol. The first kappa shape index (κ1) is 39.1. The summed E-state index contributed by atoms with van der Waals surface area (Å²) >= 11 is 0. The Bertz CT molecular complexity index is 1210. The molecule has 14 atom stereocenters. The van der Waals surface area contributed by atoms with Crippen LogP contribution in [0.5, 0.6) is 0 Å². The van der Waals surface area contributed by atoms with Gasteiger partial charge in [0.15, 0.2) is 6.29 Å². The number of aliphatic hydroxyl groups excluding tert-OH is 4. The zero-order valence-electron chi connectivity index (χ0n) is 31.1. The van der Waals surface area contributed by atoms with E-state index in [2.05, 4.69) is 25.7 Å². The average molecular weight is 696 g/mol. The smallest absolute Gasteiger partial charge is 0.217 e. The molecule has 11 nitrogen and oxygen atoms in total. The second-order valence-electron chi connectivity index (χ2n) is 17.9. The molecule has 0 spiro atoms. The largest absolute Gasteiger partial charge is 0.394 e. The maximum Gasteiger partial charge on any atom is 0.217 e. The van der Waals surface area contributed by atoms with Gasteiger partial charge in [0.2, 0.25) is 5.91 Å². The van der Waals surface area contributed by atoms with Gasteiger partial charge in [0.05, 0.1) is 47.8 Å². The Hall–Kier alpha value is -1.15. The molecule has 282 valence electrons. The zero-order chi connectivity index (χ0) is 36.3. The van der Waals surface area contributed by atoms with Crippen molar-refractivity contribution in [3.63, 3.8) is 0 Å². The van der Waals surface area contributed by atoms with Crippen molar-refractivity contribution in [3.05, 3.63) is 12.2 Å². The van der Waals surface area contributed by atoms with Crippen molar-refractivity contribution in [3.8, 4) is 0 Å². The summed E-state index contributed by atoms with van der Waals surface area (Å²) in [4.78, 5) is 11.9. The van der Waals surface area contributed by atoms with E-state index in [1.165, 1.54) is 12.5 Å². The number of carbonyl (C=O) groups excluding carboxylic acids is 1. The van der Waals surface area contributed by atoms with Crippen LogP contribution in [0, 0.1) is 22.7 Å². The molecule has 1 amide bonds. The number of ether oxygens (including phenoxy) is 4. The van der Waals surface area contributed by atoms with E-state index in [1.54, 1.807) is 0 Å². The van der Waals surface area contributed by atoms with Crippen LogP contribution in [-0.2, 0) is 23.7 Å². The van der Waals surface area contributed by atoms with Crippen LogP contribution in [0.1, 0.15) is 120 Å². The normalized spacial score (nSPS) is 45.0. The van der Waals surface area contributed by atoms with Crippen molar-refractivity contribution in [1.82, 2.24) is 5.32 Å². The van der Waals surface area contributed by atoms with E-state index < -0.39 is 72.2 Å². The number of amides is 1. The van der Waals surface area contributed by atoms with Gasteiger partial charge >= 0.3 is 0 Å². The van der Waals surface area contributed by atoms with Gasteiger partial charge in [-0.15, -0.1) is 0 Å². The van der Waals surface area contributed by atoms with Crippen molar-refractivity contribution in [2.75, 3.05) is 6.61 Å². The third-order valence-electron chi connectivity index (χ3n) is 13.6. The lowest BCUT2D eigenvalue weighted by atomic mass is 9.51. The molecule has 2 saturated carbocycles. The predicted molar refractivity (Wildman–Crippen MR) is 183 cm³/mol. The van der Waals surface area contributed by atoms with Gasteiger partial charge in [0.1, 0.15) is 24.4 Å². The summed E-state index contributed by atoms with van der Waals surface area (Å²) in [6, 6.07) is -1.05. The third kappa shape index (κ3) is 7.40. The van der Waals surface area contributed by atoms with E-state index in [0.29, 0.717) is 37.5 Å². The van der Waals surface area contributed by atoms with Gasteiger partial charge in [-0.2, -0.15) is 0 Å². The van der Waals surface area contributed by atoms with E-state index in [0.717, 1.165) is 38.5 Å². The number of hydrogen-bond donors (Lipinski definition) is 6. The van der Waals surface area contributed by atoms with E-state index in [1.807, 2.05) is 34.6 Å². The van der Waals surface area contributed by atoms with Crippen LogP contribution in [0.3, 0.4) is 0 Å². The maximum atomic E-state index is 11.9. The standard InChI is InChI=1S/C38H65NO10/c1-21(23-11-12-25-36(23,7)17-15-29-37(25,8)18-14-27(47-29)34(3,4)45)10-13-26(42)38(9)19-16-28(48-38)35(5,6)49-33-30(39-22(2)41)32(44)31(43)24(20-40)46-33/h23-33,40,42-45H,1,10-20H2,2-9H3,(H,39,41). The molecule has 5 rings (SSSR count). The molecule has 3 saturated heterocycles. The van der Waals surface area contributed by atoms with Crippen LogP contribution in [0.15, 0.2) is 12.2 Å². The topological polar surface area (TPSA) is 167 Å². The molecule has 11 heteroatoms. The highest BCUT2D eigenvalue weighted by molar-refractivity contribution is 5.73. The van der Waals surface area contributed by atoms with Crippen LogP contribution in [0.25, 0.3) is 0 Å². The molecule has 49 heavy (non-hydrogen) atoms. The quantitative estimate of drug-likeness (QED) is 0.176. The SMILES string of the molecule is C=C(CCC(O)C1(C)CCC(C(C)(C)OC2OC(CO)C(O)C(O)C2NC(C)=O)O1)C1CCC2C3(C)CCC(C(C)(C)O)OC3CCC12C. The van der Waals surface area contributed by atoms with E-state index in [4.69, 9.17) is 18.9 Å². The molecule has 0 aromatic heterocycles. The van der Waals surface area contributed by atoms with Crippen molar-refractivity contribution < 1.29 is 49.3 Å². The van der Waals surface area contributed by atoms with Crippen LogP contribution in [0.4, 0.5) is 0 Å². The number of carbonyl (C=O) groups is 1. The summed E-state index contributed by atoms with van der Waals surface area (Å²) in [5.41, 5.74) is -1.17. The Labute approximate surface area is 293 Å². The summed E-state index contributed by atoms with van der Waals surface area (Å²) in [5, 5.41) is 55.6. The molecular weight excluding hydrogens is 630 g/mol. The summed E-state index contributed by atoms with van der Waals surface area (Å²) in [5.74, 6) is 0.494. The lowest BCUT2D eigenvalue weighted by Gasteiger charge is -2.58. The van der Waals surface area contributed by atoms with Crippen molar-refractivity contribution in [2.45, 2.75) is 191 Å². The Morgan fingerprint density at radius 1 is 0.959 bits per heavy atom. The fourth-order valence-corrected chi connectivity index (χ4v) is 10.5. The van der Waals surface area contributed by atoms with Crippen LogP contribution < -0.4 is 5.32 Å². The second-order valence-corrected chi connectivity index (χ2v) is 17.9. The minimum atomic E-state index is -1.40. The van der Waals surface area contributed by atoms with Crippen molar-refractivity contribution >= 4 is 5.91 Å². The molecule has 0 bridgehead atoms. The molecule has 2 aliphatic carbocycles. The lowest BCUT2D eigenvalue weighted by molar-refractivity contribution is -0.310. The van der Waals surface area contributed by atoms with Crippen LogP contribution in [-0.4, -0.2) is 110 Å². The molecule has 6 N–H and O–H groups in total. The molecule has 5 fully saturated rings. The number of rotatable bonds is 11. The predicted octanol–water partition coefficient (Wildman–Crippen LogP) is 3.51. The molecular formula is C38H65NO10. The summed E-state index contributed by atoms with van der Waals surface area (Å²) < 4.78 is 25.3. The fourth-order valence-electron chi connectivity index (χ4n) is 10.5. The van der Waals surface area contributed by atoms with Gasteiger partial charge in [-0.05, 0) is 121 Å². The molecule has 0 aromatic carbocycles. The number of aliphatic hydroxyl groups is 5. The molecule has 3 aliphatic heterocycles. The number of hydrogen-bond acceptors (Lipinski definition) is 10.